The van der Waals surface area contributed by atoms with Gasteiger partial charge in [0.1, 0.15) is 12.1 Å². The first-order valence-electron chi connectivity index (χ1n) is 9.32. The molecule has 0 bridgehead atoms. The van der Waals surface area contributed by atoms with Crippen LogP contribution in [-0.4, -0.2) is 54.6 Å². The highest BCUT2D eigenvalue weighted by molar-refractivity contribution is 6.09. The topological polar surface area (TPSA) is 87.7 Å². The van der Waals surface area contributed by atoms with E-state index in [9.17, 15) is 14.4 Å². The number of nitrogens with one attached hydrogen (secondary N) is 2. The van der Waals surface area contributed by atoms with Gasteiger partial charge in [0.25, 0.3) is 5.91 Å². The van der Waals surface area contributed by atoms with Gasteiger partial charge in [-0.05, 0) is 43.9 Å². The Hall–Kier alpha value is -1.63. The number of hydrogen-bond donors (Lipinski definition) is 2. The van der Waals surface area contributed by atoms with Crippen molar-refractivity contribution < 1.29 is 19.1 Å². The molecule has 2 fully saturated rings. The Morgan fingerprint density at radius 2 is 2.04 bits per heavy atom. The quantitative estimate of drug-likeness (QED) is 0.513. The van der Waals surface area contributed by atoms with E-state index >= 15 is 0 Å². The maximum absolute atomic E-state index is 12.7. The van der Waals surface area contributed by atoms with Crippen molar-refractivity contribution in [3.8, 4) is 0 Å². The molecule has 7 nitrogen and oxygen atoms in total. The molecule has 7 heteroatoms. The number of amides is 4. The molecule has 2 aliphatic rings. The van der Waals surface area contributed by atoms with Crippen LogP contribution in [0.5, 0.6) is 0 Å². The lowest BCUT2D eigenvalue weighted by atomic mass is 9.77. The molecule has 2 N–H and O–H groups in total. The second kappa shape index (κ2) is 8.65. The second-order valence-corrected chi connectivity index (χ2v) is 7.76. The number of urea groups is 1. The molecule has 0 aromatic carbocycles. The molecule has 0 atom stereocenters. The Bertz CT molecular complexity index is 499. The Morgan fingerprint density at radius 1 is 1.36 bits per heavy atom. The summed E-state index contributed by atoms with van der Waals surface area (Å²) in [4.78, 5) is 37.9. The van der Waals surface area contributed by atoms with Gasteiger partial charge < -0.3 is 15.4 Å². The summed E-state index contributed by atoms with van der Waals surface area (Å²) in [5, 5.41) is 5.57. The van der Waals surface area contributed by atoms with Crippen molar-refractivity contribution in [2.24, 2.45) is 11.8 Å². The van der Waals surface area contributed by atoms with Crippen LogP contribution in [0.2, 0.25) is 0 Å². The number of imide groups is 1. The molecule has 1 saturated carbocycles. The minimum Gasteiger partial charge on any atom is -0.381 e. The Labute approximate surface area is 149 Å². The number of rotatable bonds is 8. The van der Waals surface area contributed by atoms with Crippen molar-refractivity contribution in [2.45, 2.75) is 58.4 Å². The number of carbonyl (C=O) groups is 3. The molecule has 142 valence electrons. The van der Waals surface area contributed by atoms with Crippen molar-refractivity contribution in [1.29, 1.82) is 0 Å². The van der Waals surface area contributed by atoms with E-state index in [1.165, 1.54) is 0 Å². The third-order valence-corrected chi connectivity index (χ3v) is 4.91. The van der Waals surface area contributed by atoms with Gasteiger partial charge in [0, 0.05) is 19.8 Å². The van der Waals surface area contributed by atoms with Gasteiger partial charge in [-0.2, -0.15) is 0 Å². The zero-order valence-electron chi connectivity index (χ0n) is 15.6. The molecule has 1 aliphatic carbocycles. The number of carbonyl (C=O) groups excluding carboxylic acids is 3. The molecule has 1 heterocycles. The van der Waals surface area contributed by atoms with Gasteiger partial charge in [-0.25, -0.2) is 4.79 Å². The lowest BCUT2D eigenvalue weighted by Crippen LogP contribution is -2.49. The predicted molar refractivity (Wildman–Crippen MR) is 93.9 cm³/mol. The summed E-state index contributed by atoms with van der Waals surface area (Å²) in [6.07, 6.45) is 3.86. The van der Waals surface area contributed by atoms with Crippen LogP contribution in [0.15, 0.2) is 0 Å². The molecule has 1 saturated heterocycles. The first-order valence-corrected chi connectivity index (χ1v) is 9.32. The lowest BCUT2D eigenvalue weighted by Gasteiger charge is -2.33. The molecule has 25 heavy (non-hydrogen) atoms. The molecule has 1 aliphatic heterocycles. The normalized spacial score (nSPS) is 26.4. The third kappa shape index (κ3) is 5.17. The van der Waals surface area contributed by atoms with Crippen LogP contribution >= 0.6 is 0 Å². The summed E-state index contributed by atoms with van der Waals surface area (Å²) >= 11 is 0. The summed E-state index contributed by atoms with van der Waals surface area (Å²) in [5.74, 6) is 0.503. The van der Waals surface area contributed by atoms with Crippen molar-refractivity contribution in [3.05, 3.63) is 0 Å². The van der Waals surface area contributed by atoms with Crippen LogP contribution in [0.3, 0.4) is 0 Å². The van der Waals surface area contributed by atoms with Gasteiger partial charge in [-0.3, -0.25) is 14.5 Å². The van der Waals surface area contributed by atoms with Crippen LogP contribution < -0.4 is 10.6 Å². The largest absolute Gasteiger partial charge is 0.381 e. The van der Waals surface area contributed by atoms with Crippen LogP contribution in [0.25, 0.3) is 0 Å². The van der Waals surface area contributed by atoms with Crippen LogP contribution in [0.4, 0.5) is 4.79 Å². The van der Waals surface area contributed by atoms with E-state index in [4.69, 9.17) is 4.74 Å². The fourth-order valence-corrected chi connectivity index (χ4v) is 3.33. The third-order valence-electron chi connectivity index (χ3n) is 4.91. The van der Waals surface area contributed by atoms with Crippen molar-refractivity contribution in [1.82, 2.24) is 15.5 Å². The molecular weight excluding hydrogens is 322 g/mol. The number of ether oxygens (including phenoxy) is 1. The van der Waals surface area contributed by atoms with Crippen LogP contribution in [0, 0.1) is 11.8 Å². The second-order valence-electron chi connectivity index (χ2n) is 7.76. The molecular formula is C18H31N3O4. The highest BCUT2D eigenvalue weighted by atomic mass is 16.5. The van der Waals surface area contributed by atoms with Gasteiger partial charge >= 0.3 is 6.03 Å². The molecule has 0 unspecified atom stereocenters. The average Bonchev–Trinajstić information content (AvgIpc) is 2.78. The van der Waals surface area contributed by atoms with Gasteiger partial charge in [0.2, 0.25) is 5.91 Å². The first-order chi connectivity index (χ1) is 11.8. The van der Waals surface area contributed by atoms with E-state index in [1.807, 2.05) is 0 Å². The zero-order chi connectivity index (χ0) is 18.4. The summed E-state index contributed by atoms with van der Waals surface area (Å²) < 4.78 is 5.45. The molecule has 0 aromatic rings. The Balaban J connectivity index is 1.73. The molecule has 0 radical (unpaired) electrons. The van der Waals surface area contributed by atoms with Crippen molar-refractivity contribution in [3.63, 3.8) is 0 Å². The van der Waals surface area contributed by atoms with E-state index in [1.54, 1.807) is 0 Å². The minimum absolute atomic E-state index is 0.213. The summed E-state index contributed by atoms with van der Waals surface area (Å²) in [6, 6.07) is -0.449. The maximum atomic E-state index is 12.7. The summed E-state index contributed by atoms with van der Waals surface area (Å²) in [6.45, 7) is 7.88. The minimum atomic E-state index is -0.783. The highest BCUT2D eigenvalue weighted by Crippen LogP contribution is 2.36. The fourth-order valence-electron chi connectivity index (χ4n) is 3.33. The van der Waals surface area contributed by atoms with E-state index in [0.717, 1.165) is 17.7 Å². The van der Waals surface area contributed by atoms with Crippen LogP contribution in [-0.2, 0) is 14.3 Å². The lowest BCUT2D eigenvalue weighted by molar-refractivity contribution is -0.136. The fraction of sp³-hybridized carbons (Fsp3) is 0.833. The van der Waals surface area contributed by atoms with Gasteiger partial charge in [0.15, 0.2) is 0 Å². The SMILES string of the molecule is CC(C)COCCCNC(=O)CN1C(=O)NC2(CCC(C)CC2)C1=O. The monoisotopic (exact) mass is 353 g/mol. The van der Waals surface area contributed by atoms with E-state index < -0.39 is 11.6 Å². The van der Waals surface area contributed by atoms with Crippen molar-refractivity contribution >= 4 is 17.8 Å². The maximum Gasteiger partial charge on any atom is 0.325 e. The molecule has 0 aromatic heterocycles. The number of nitrogens with zero attached hydrogens (tertiary/aromatic N) is 1. The zero-order valence-corrected chi connectivity index (χ0v) is 15.6. The van der Waals surface area contributed by atoms with E-state index in [0.29, 0.717) is 50.9 Å². The van der Waals surface area contributed by atoms with Gasteiger partial charge in [0.05, 0.1) is 0 Å². The summed E-state index contributed by atoms with van der Waals surface area (Å²) in [7, 11) is 0. The van der Waals surface area contributed by atoms with E-state index in [2.05, 4.69) is 31.4 Å². The van der Waals surface area contributed by atoms with Gasteiger partial charge in [-0.1, -0.05) is 20.8 Å². The molecule has 1 spiro atoms. The molecule has 4 amide bonds. The van der Waals surface area contributed by atoms with Gasteiger partial charge in [-0.15, -0.1) is 0 Å². The Morgan fingerprint density at radius 3 is 2.68 bits per heavy atom. The van der Waals surface area contributed by atoms with Crippen LogP contribution in [0.1, 0.15) is 52.9 Å². The standard InChI is InChI=1S/C18H31N3O4/c1-13(2)12-25-10-4-9-19-15(22)11-21-16(23)18(20-17(21)24)7-5-14(3)6-8-18/h13-14H,4-12H2,1-3H3,(H,19,22)(H,20,24). The Kier molecular flexibility index (Phi) is 6.81. The smallest absolute Gasteiger partial charge is 0.325 e. The average molecular weight is 353 g/mol. The first kappa shape index (κ1) is 19.7. The number of hydrogen-bond acceptors (Lipinski definition) is 4. The highest BCUT2D eigenvalue weighted by Gasteiger charge is 2.52. The van der Waals surface area contributed by atoms with E-state index in [-0.39, 0.29) is 18.4 Å². The molecule has 2 rings (SSSR count). The van der Waals surface area contributed by atoms with Crippen molar-refractivity contribution in [2.75, 3.05) is 26.3 Å². The summed E-state index contributed by atoms with van der Waals surface area (Å²) in [5.41, 5.74) is -0.783. The predicted octanol–water partition coefficient (Wildman–Crippen LogP) is 1.67.